The molecule has 0 saturated carbocycles. The third-order valence-corrected chi connectivity index (χ3v) is 5.59. The highest BCUT2D eigenvalue weighted by atomic mass is 16.2. The van der Waals surface area contributed by atoms with Crippen LogP contribution in [-0.4, -0.2) is 47.4 Å². The molecule has 2 aliphatic rings. The van der Waals surface area contributed by atoms with E-state index in [0.717, 1.165) is 31.6 Å². The monoisotopic (exact) mass is 343 g/mol. The number of rotatable bonds is 6. The van der Waals surface area contributed by atoms with Crippen LogP contribution in [0.4, 0.5) is 4.79 Å². The second-order valence-electron chi connectivity index (χ2n) is 7.31. The van der Waals surface area contributed by atoms with E-state index in [1.54, 1.807) is 0 Å². The van der Waals surface area contributed by atoms with Crippen LogP contribution in [0.2, 0.25) is 0 Å². The van der Waals surface area contributed by atoms with E-state index in [0.29, 0.717) is 0 Å². The normalized spacial score (nSPS) is 24.2. The molecule has 2 fully saturated rings. The van der Waals surface area contributed by atoms with Crippen LogP contribution < -0.4 is 5.32 Å². The van der Waals surface area contributed by atoms with Gasteiger partial charge in [0.25, 0.3) is 5.91 Å². The van der Waals surface area contributed by atoms with Crippen LogP contribution in [0.15, 0.2) is 30.3 Å². The van der Waals surface area contributed by atoms with Gasteiger partial charge in [-0.15, -0.1) is 0 Å². The van der Waals surface area contributed by atoms with Crippen molar-refractivity contribution in [3.63, 3.8) is 0 Å². The summed E-state index contributed by atoms with van der Waals surface area (Å²) in [6.45, 7) is 6.88. The lowest BCUT2D eigenvalue weighted by Gasteiger charge is -2.34. The third kappa shape index (κ3) is 3.87. The number of hydrogen-bond donors (Lipinski definition) is 1. The number of hydrogen-bond acceptors (Lipinski definition) is 3. The Balaban J connectivity index is 1.85. The van der Waals surface area contributed by atoms with Crippen molar-refractivity contribution < 1.29 is 9.59 Å². The summed E-state index contributed by atoms with van der Waals surface area (Å²) in [5.41, 5.74) is 1.03. The minimum atomic E-state index is -0.398. The lowest BCUT2D eigenvalue weighted by molar-refractivity contribution is -0.130. The second-order valence-corrected chi connectivity index (χ2v) is 7.31. The number of imide groups is 1. The summed E-state index contributed by atoms with van der Waals surface area (Å²) in [5, 5.41) is 2.91. The highest BCUT2D eigenvalue weighted by Gasteiger charge is 2.44. The Bertz CT molecular complexity index is 598. The first-order valence-corrected chi connectivity index (χ1v) is 9.52. The van der Waals surface area contributed by atoms with Gasteiger partial charge in [0, 0.05) is 6.54 Å². The Morgan fingerprint density at radius 3 is 2.44 bits per heavy atom. The number of benzene rings is 1. The number of nitrogens with one attached hydrogen (secondary N) is 1. The van der Waals surface area contributed by atoms with Crippen molar-refractivity contribution >= 4 is 11.9 Å². The fourth-order valence-electron chi connectivity index (χ4n) is 3.83. The van der Waals surface area contributed by atoms with Gasteiger partial charge in [0.2, 0.25) is 0 Å². The Hall–Kier alpha value is -1.88. The molecule has 0 bridgehead atoms. The molecule has 1 aromatic rings. The summed E-state index contributed by atoms with van der Waals surface area (Å²) in [7, 11) is 0. The number of likely N-dealkylation sites (tertiary alicyclic amines) is 1. The van der Waals surface area contributed by atoms with Crippen molar-refractivity contribution in [2.45, 2.75) is 51.6 Å². The molecule has 2 aliphatic heterocycles. The first-order valence-electron chi connectivity index (χ1n) is 9.52. The molecule has 2 heterocycles. The smallest absolute Gasteiger partial charge is 0.325 e. The predicted molar refractivity (Wildman–Crippen MR) is 98.1 cm³/mol. The summed E-state index contributed by atoms with van der Waals surface area (Å²) in [6.07, 6.45) is 4.52. The third-order valence-electron chi connectivity index (χ3n) is 5.59. The number of carbonyl (C=O) groups is 2. The summed E-state index contributed by atoms with van der Waals surface area (Å²) >= 11 is 0. The molecule has 2 saturated heterocycles. The minimum Gasteiger partial charge on any atom is -0.326 e. The molecule has 3 rings (SSSR count). The number of nitrogens with zero attached hydrogens (tertiary/aromatic N) is 2. The van der Waals surface area contributed by atoms with E-state index in [-0.39, 0.29) is 23.9 Å². The Labute approximate surface area is 150 Å². The molecule has 0 aromatic heterocycles. The Morgan fingerprint density at radius 2 is 1.80 bits per heavy atom. The maximum atomic E-state index is 13.0. The van der Waals surface area contributed by atoms with E-state index in [1.165, 1.54) is 24.2 Å². The molecule has 5 nitrogen and oxygen atoms in total. The predicted octanol–water partition coefficient (Wildman–Crippen LogP) is 3.18. The first-order chi connectivity index (χ1) is 12.1. The van der Waals surface area contributed by atoms with Crippen molar-refractivity contribution in [3.8, 4) is 0 Å². The van der Waals surface area contributed by atoms with Crippen molar-refractivity contribution in [1.82, 2.24) is 15.1 Å². The summed E-state index contributed by atoms with van der Waals surface area (Å²) in [6, 6.07) is 9.09. The van der Waals surface area contributed by atoms with Gasteiger partial charge in [-0.3, -0.25) is 9.69 Å². The number of urea groups is 1. The van der Waals surface area contributed by atoms with Crippen LogP contribution in [-0.2, 0) is 4.79 Å². The maximum absolute atomic E-state index is 13.0. The zero-order valence-electron chi connectivity index (χ0n) is 15.3. The van der Waals surface area contributed by atoms with Crippen molar-refractivity contribution in [1.29, 1.82) is 0 Å². The highest BCUT2D eigenvalue weighted by Crippen LogP contribution is 2.29. The number of amides is 3. The molecule has 3 atom stereocenters. The van der Waals surface area contributed by atoms with E-state index in [9.17, 15) is 9.59 Å². The molecule has 0 radical (unpaired) electrons. The maximum Gasteiger partial charge on any atom is 0.325 e. The molecule has 136 valence electrons. The molecular formula is C20H29N3O2. The van der Waals surface area contributed by atoms with Gasteiger partial charge in [0.05, 0.1) is 6.04 Å². The molecule has 5 heteroatoms. The van der Waals surface area contributed by atoms with Crippen LogP contribution in [0.3, 0.4) is 0 Å². The van der Waals surface area contributed by atoms with Crippen molar-refractivity contribution in [3.05, 3.63) is 35.9 Å². The molecule has 1 aromatic carbocycles. The quantitative estimate of drug-likeness (QED) is 0.807. The first kappa shape index (κ1) is 17.9. The van der Waals surface area contributed by atoms with Gasteiger partial charge in [-0.2, -0.15) is 0 Å². The van der Waals surface area contributed by atoms with Gasteiger partial charge in [-0.05, 0) is 37.4 Å². The number of carbonyl (C=O) groups excluding carboxylic acids is 2. The van der Waals surface area contributed by atoms with Gasteiger partial charge < -0.3 is 10.2 Å². The van der Waals surface area contributed by atoms with Gasteiger partial charge in [0.1, 0.15) is 6.04 Å². The average Bonchev–Trinajstić information content (AvgIpc) is 2.95. The fourth-order valence-corrected chi connectivity index (χ4v) is 3.83. The summed E-state index contributed by atoms with van der Waals surface area (Å²) in [4.78, 5) is 29.5. The van der Waals surface area contributed by atoms with Crippen molar-refractivity contribution in [2.75, 3.05) is 19.6 Å². The van der Waals surface area contributed by atoms with Gasteiger partial charge in [-0.25, -0.2) is 4.79 Å². The van der Waals surface area contributed by atoms with Crippen molar-refractivity contribution in [2.24, 2.45) is 5.92 Å². The Morgan fingerprint density at radius 1 is 1.12 bits per heavy atom. The van der Waals surface area contributed by atoms with Gasteiger partial charge in [-0.1, -0.05) is 57.0 Å². The van der Waals surface area contributed by atoms with Crippen LogP contribution in [0.5, 0.6) is 0 Å². The lowest BCUT2D eigenvalue weighted by atomic mass is 9.98. The fraction of sp³-hybridized carbons (Fsp3) is 0.600. The van der Waals surface area contributed by atoms with E-state index in [2.05, 4.69) is 17.1 Å². The molecular weight excluding hydrogens is 314 g/mol. The van der Waals surface area contributed by atoms with E-state index in [1.807, 2.05) is 37.3 Å². The lowest BCUT2D eigenvalue weighted by Crippen LogP contribution is -2.43. The topological polar surface area (TPSA) is 52.7 Å². The average molecular weight is 343 g/mol. The van der Waals surface area contributed by atoms with Crippen LogP contribution in [0, 0.1) is 5.92 Å². The largest absolute Gasteiger partial charge is 0.326 e. The molecule has 0 aliphatic carbocycles. The summed E-state index contributed by atoms with van der Waals surface area (Å²) < 4.78 is 0. The summed E-state index contributed by atoms with van der Waals surface area (Å²) in [5.74, 6) is 0.0677. The zero-order chi connectivity index (χ0) is 17.8. The number of piperidine rings is 1. The minimum absolute atomic E-state index is 0.0785. The second kappa shape index (κ2) is 8.00. The van der Waals surface area contributed by atoms with E-state index in [4.69, 9.17) is 0 Å². The SMILES string of the molecule is CC[C@H](C)[C@@H]1NC(=O)N(C(CN2CCCCC2)c2ccccc2)C1=O. The molecule has 0 spiro atoms. The highest BCUT2D eigenvalue weighted by molar-refractivity contribution is 6.04. The molecule has 1 unspecified atom stereocenters. The molecule has 25 heavy (non-hydrogen) atoms. The van der Waals surface area contributed by atoms with Crippen LogP contribution >= 0.6 is 0 Å². The van der Waals surface area contributed by atoms with Gasteiger partial charge >= 0.3 is 6.03 Å². The van der Waals surface area contributed by atoms with E-state index < -0.39 is 6.04 Å². The molecule has 1 N–H and O–H groups in total. The zero-order valence-corrected chi connectivity index (χ0v) is 15.3. The molecule has 3 amide bonds. The Kier molecular flexibility index (Phi) is 5.74. The van der Waals surface area contributed by atoms with Gasteiger partial charge in [0.15, 0.2) is 0 Å². The standard InChI is InChI=1S/C20H29N3O2/c1-3-15(2)18-19(24)23(20(25)21-18)17(16-10-6-4-7-11-16)14-22-12-8-5-9-13-22/h4,6-7,10-11,15,17-18H,3,5,8-9,12-14H2,1-2H3,(H,21,25)/t15-,17?,18-/m0/s1. The van der Waals surface area contributed by atoms with Crippen LogP contribution in [0.1, 0.15) is 51.1 Å². The van der Waals surface area contributed by atoms with E-state index >= 15 is 0 Å². The van der Waals surface area contributed by atoms with Crippen LogP contribution in [0.25, 0.3) is 0 Å².